The highest BCUT2D eigenvalue weighted by molar-refractivity contribution is 7.11. The van der Waals surface area contributed by atoms with Gasteiger partial charge in [0.05, 0.1) is 5.69 Å². The van der Waals surface area contributed by atoms with Crippen molar-refractivity contribution in [2.45, 2.75) is 0 Å². The molecule has 0 radical (unpaired) electrons. The molecule has 2 heteroatoms. The highest BCUT2D eigenvalue weighted by Gasteiger charge is 1.97. The van der Waals surface area contributed by atoms with Crippen molar-refractivity contribution in [2.75, 3.05) is 0 Å². The van der Waals surface area contributed by atoms with Crippen molar-refractivity contribution in [2.24, 2.45) is 4.99 Å². The number of aliphatic imine (C=N–C) groups is 1. The molecular weight excluding hydrogens is 226 g/mol. The van der Waals surface area contributed by atoms with E-state index in [0.717, 1.165) is 5.69 Å². The van der Waals surface area contributed by atoms with Crippen LogP contribution in [0.2, 0.25) is 0 Å². The summed E-state index contributed by atoms with van der Waals surface area (Å²) in [6.07, 6.45) is 1.92. The smallest absolute Gasteiger partial charge is 0.0708 e. The van der Waals surface area contributed by atoms with Crippen LogP contribution in [0.1, 0.15) is 4.88 Å². The molecule has 0 bridgehead atoms. The molecule has 82 valence electrons. The summed E-state index contributed by atoms with van der Waals surface area (Å²) in [7, 11) is 0. The number of hydrogen-bond donors (Lipinski definition) is 0. The van der Waals surface area contributed by atoms with Crippen LogP contribution in [0.3, 0.4) is 0 Å². The summed E-state index contributed by atoms with van der Waals surface area (Å²) in [5, 5.41) is 4.49. The number of nitrogens with zero attached hydrogens (tertiary/aromatic N) is 1. The molecule has 0 N–H and O–H groups in total. The number of rotatable bonds is 2. The van der Waals surface area contributed by atoms with E-state index in [4.69, 9.17) is 0 Å². The molecule has 0 spiro atoms. The van der Waals surface area contributed by atoms with Crippen molar-refractivity contribution in [1.29, 1.82) is 0 Å². The van der Waals surface area contributed by atoms with Gasteiger partial charge < -0.3 is 0 Å². The van der Waals surface area contributed by atoms with Gasteiger partial charge in [-0.3, -0.25) is 4.99 Å². The first-order chi connectivity index (χ1) is 8.43. The second kappa shape index (κ2) is 4.52. The molecular formula is C15H11NS. The zero-order valence-corrected chi connectivity index (χ0v) is 10.0. The van der Waals surface area contributed by atoms with E-state index in [-0.39, 0.29) is 0 Å². The first kappa shape index (κ1) is 10.2. The molecule has 0 aliphatic carbocycles. The van der Waals surface area contributed by atoms with Crippen molar-refractivity contribution in [3.05, 3.63) is 64.9 Å². The van der Waals surface area contributed by atoms with Crippen LogP contribution in [0.25, 0.3) is 10.8 Å². The monoisotopic (exact) mass is 237 g/mol. The molecule has 0 aliphatic heterocycles. The third kappa shape index (κ3) is 2.12. The summed E-state index contributed by atoms with van der Waals surface area (Å²) < 4.78 is 0. The lowest BCUT2D eigenvalue weighted by atomic mass is 10.1. The maximum atomic E-state index is 4.56. The molecule has 1 aromatic heterocycles. The summed E-state index contributed by atoms with van der Waals surface area (Å²) >= 11 is 1.70. The number of hydrogen-bond acceptors (Lipinski definition) is 2. The fraction of sp³-hybridized carbons (Fsp3) is 0. The quantitative estimate of drug-likeness (QED) is 0.575. The minimum absolute atomic E-state index is 1.02. The van der Waals surface area contributed by atoms with Crippen molar-refractivity contribution < 1.29 is 0 Å². The molecule has 17 heavy (non-hydrogen) atoms. The third-order valence-corrected chi connectivity index (χ3v) is 3.45. The Labute approximate surface area is 104 Å². The van der Waals surface area contributed by atoms with Gasteiger partial charge >= 0.3 is 0 Å². The molecule has 1 nitrogen and oxygen atoms in total. The van der Waals surface area contributed by atoms with Crippen molar-refractivity contribution in [1.82, 2.24) is 0 Å². The molecule has 0 aliphatic rings. The SMILES string of the molecule is C(=Nc1cccc2ccccc12)c1cccs1. The van der Waals surface area contributed by atoms with Gasteiger partial charge in [0, 0.05) is 16.5 Å². The van der Waals surface area contributed by atoms with Gasteiger partial charge in [0.25, 0.3) is 0 Å². The van der Waals surface area contributed by atoms with E-state index in [1.807, 2.05) is 30.5 Å². The Kier molecular flexibility index (Phi) is 2.72. The van der Waals surface area contributed by atoms with Crippen LogP contribution >= 0.6 is 11.3 Å². The molecule has 0 unspecified atom stereocenters. The molecule has 0 amide bonds. The van der Waals surface area contributed by atoms with Gasteiger partial charge in [0.2, 0.25) is 0 Å². The molecule has 2 aromatic carbocycles. The Morgan fingerprint density at radius 3 is 2.65 bits per heavy atom. The predicted octanol–water partition coefficient (Wildman–Crippen LogP) is 4.65. The lowest BCUT2D eigenvalue weighted by Crippen LogP contribution is -1.75. The molecule has 0 atom stereocenters. The van der Waals surface area contributed by atoms with Crippen LogP contribution in [0.4, 0.5) is 5.69 Å². The molecule has 3 aromatic rings. The van der Waals surface area contributed by atoms with E-state index in [1.54, 1.807) is 11.3 Å². The summed E-state index contributed by atoms with van der Waals surface area (Å²) in [6.45, 7) is 0. The molecule has 0 saturated carbocycles. The number of benzene rings is 2. The topological polar surface area (TPSA) is 12.4 Å². The zero-order chi connectivity index (χ0) is 11.5. The Morgan fingerprint density at radius 1 is 0.882 bits per heavy atom. The maximum Gasteiger partial charge on any atom is 0.0708 e. The number of fused-ring (bicyclic) bond motifs is 1. The standard InChI is InChI=1S/C15H11NS/c1-2-8-14-12(5-1)6-3-9-15(14)16-11-13-7-4-10-17-13/h1-11H. The van der Waals surface area contributed by atoms with E-state index >= 15 is 0 Å². The van der Waals surface area contributed by atoms with Crippen molar-refractivity contribution in [3.63, 3.8) is 0 Å². The lowest BCUT2D eigenvalue weighted by molar-refractivity contribution is 1.58. The van der Waals surface area contributed by atoms with Crippen LogP contribution < -0.4 is 0 Å². The fourth-order valence-electron chi connectivity index (χ4n) is 1.82. The Morgan fingerprint density at radius 2 is 1.76 bits per heavy atom. The Bertz CT molecular complexity index is 648. The summed E-state index contributed by atoms with van der Waals surface area (Å²) in [4.78, 5) is 5.74. The highest BCUT2D eigenvalue weighted by atomic mass is 32.1. The minimum atomic E-state index is 1.02. The largest absolute Gasteiger partial charge is 0.255 e. The van der Waals surface area contributed by atoms with Crippen LogP contribution in [0.5, 0.6) is 0 Å². The van der Waals surface area contributed by atoms with Gasteiger partial charge in [0.1, 0.15) is 0 Å². The molecule has 3 rings (SSSR count). The summed E-state index contributed by atoms with van der Waals surface area (Å²) in [5.74, 6) is 0. The van der Waals surface area contributed by atoms with Gasteiger partial charge in [-0.25, -0.2) is 0 Å². The van der Waals surface area contributed by atoms with Gasteiger partial charge in [-0.2, -0.15) is 0 Å². The first-order valence-electron chi connectivity index (χ1n) is 5.49. The second-order valence-corrected chi connectivity index (χ2v) is 4.75. The van der Waals surface area contributed by atoms with Gasteiger partial charge in [0.15, 0.2) is 0 Å². The Hall–Kier alpha value is -1.93. The highest BCUT2D eigenvalue weighted by Crippen LogP contribution is 2.25. The fourth-order valence-corrected chi connectivity index (χ4v) is 2.40. The van der Waals surface area contributed by atoms with Gasteiger partial charge in [-0.05, 0) is 22.9 Å². The van der Waals surface area contributed by atoms with E-state index in [0.29, 0.717) is 0 Å². The van der Waals surface area contributed by atoms with Crippen LogP contribution in [0.15, 0.2) is 65.0 Å². The average Bonchev–Trinajstić information content (AvgIpc) is 2.89. The Balaban J connectivity index is 2.06. The van der Waals surface area contributed by atoms with Crippen LogP contribution in [0, 0.1) is 0 Å². The van der Waals surface area contributed by atoms with Crippen molar-refractivity contribution in [3.8, 4) is 0 Å². The average molecular weight is 237 g/mol. The molecule has 0 fully saturated rings. The van der Waals surface area contributed by atoms with Gasteiger partial charge in [-0.15, -0.1) is 11.3 Å². The maximum absolute atomic E-state index is 4.56. The molecule has 0 saturated heterocycles. The third-order valence-electron chi connectivity index (χ3n) is 2.64. The lowest BCUT2D eigenvalue weighted by Gasteiger charge is -2.00. The second-order valence-electron chi connectivity index (χ2n) is 3.77. The van der Waals surface area contributed by atoms with E-state index in [1.165, 1.54) is 15.6 Å². The first-order valence-corrected chi connectivity index (χ1v) is 6.37. The zero-order valence-electron chi connectivity index (χ0n) is 9.21. The predicted molar refractivity (Wildman–Crippen MR) is 75.5 cm³/mol. The minimum Gasteiger partial charge on any atom is -0.255 e. The van der Waals surface area contributed by atoms with Crippen molar-refractivity contribution >= 4 is 34.0 Å². The molecule has 1 heterocycles. The summed E-state index contributed by atoms with van der Waals surface area (Å²) in [5.41, 5.74) is 1.02. The van der Waals surface area contributed by atoms with Gasteiger partial charge in [-0.1, -0.05) is 42.5 Å². The van der Waals surface area contributed by atoms with Crippen LogP contribution in [-0.4, -0.2) is 6.21 Å². The normalized spacial score (nSPS) is 11.3. The number of thiophene rings is 1. The van der Waals surface area contributed by atoms with E-state index in [9.17, 15) is 0 Å². The van der Waals surface area contributed by atoms with E-state index in [2.05, 4.69) is 40.7 Å². The summed E-state index contributed by atoms with van der Waals surface area (Å²) in [6, 6.07) is 18.6. The van der Waals surface area contributed by atoms with Crippen LogP contribution in [-0.2, 0) is 0 Å². The van der Waals surface area contributed by atoms with E-state index < -0.39 is 0 Å².